The maximum Gasteiger partial charge on any atom is 0.415 e. The normalized spacial score (nSPS) is 23.1. The summed E-state index contributed by atoms with van der Waals surface area (Å²) < 4.78 is 16.6. The van der Waals surface area contributed by atoms with E-state index in [0.29, 0.717) is 32.4 Å². The van der Waals surface area contributed by atoms with Crippen LogP contribution in [0.3, 0.4) is 0 Å². The van der Waals surface area contributed by atoms with Gasteiger partial charge in [0.1, 0.15) is 12.5 Å². The van der Waals surface area contributed by atoms with Gasteiger partial charge in [0.15, 0.2) is 5.54 Å². The molecule has 1 rings (SSSR count). The number of nitrogens with two attached hydrogens (primary N) is 1. The number of nitrogens with one attached hydrogen (secondary N) is 1. The standard InChI is InChI=1S/C12H21FN4O3/c1-17(2)8-12(10(18)20-11(19)16-12)5-3-4-6-15-9(14)7-13/h3-8H2,1-2H3,(H2,14,15)(H,16,19). The number of unbranched alkanes of at least 4 members (excludes halogenated alkanes) is 1. The molecular formula is C12H21FN4O3. The van der Waals surface area contributed by atoms with Crippen LogP contribution in [0.4, 0.5) is 9.18 Å². The molecule has 114 valence electrons. The number of esters is 1. The van der Waals surface area contributed by atoms with Crippen molar-refractivity contribution in [2.75, 3.05) is 33.9 Å². The lowest BCUT2D eigenvalue weighted by Gasteiger charge is -2.27. The van der Waals surface area contributed by atoms with E-state index in [2.05, 4.69) is 15.0 Å². The fourth-order valence-corrected chi connectivity index (χ4v) is 2.14. The van der Waals surface area contributed by atoms with Gasteiger partial charge in [-0.2, -0.15) is 0 Å². The molecule has 20 heavy (non-hydrogen) atoms. The van der Waals surface area contributed by atoms with Gasteiger partial charge in [0, 0.05) is 13.1 Å². The lowest BCUT2D eigenvalue weighted by Crippen LogP contribution is -2.53. The number of cyclic esters (lactones) is 2. The zero-order valence-corrected chi connectivity index (χ0v) is 11.8. The number of likely N-dealkylation sites (N-methyl/N-ethyl adjacent to an activating group) is 1. The van der Waals surface area contributed by atoms with Gasteiger partial charge < -0.3 is 20.7 Å². The second-order valence-electron chi connectivity index (χ2n) is 5.09. The lowest BCUT2D eigenvalue weighted by atomic mass is 9.92. The smallest absolute Gasteiger partial charge is 0.385 e. The summed E-state index contributed by atoms with van der Waals surface area (Å²) >= 11 is 0. The first-order valence-electron chi connectivity index (χ1n) is 6.43. The molecule has 1 heterocycles. The molecule has 0 radical (unpaired) electrons. The molecule has 7 nitrogen and oxygen atoms in total. The summed E-state index contributed by atoms with van der Waals surface area (Å²) in [4.78, 5) is 28.7. The molecule has 1 atom stereocenters. The number of aliphatic imine (C=N–C) groups is 1. The molecule has 8 heteroatoms. The Bertz CT molecular complexity index is 400. The van der Waals surface area contributed by atoms with E-state index in [-0.39, 0.29) is 5.84 Å². The van der Waals surface area contributed by atoms with Crippen molar-refractivity contribution >= 4 is 17.9 Å². The van der Waals surface area contributed by atoms with Crippen molar-refractivity contribution in [2.24, 2.45) is 10.7 Å². The number of ether oxygens (including phenoxy) is 1. The number of hydrogen-bond acceptors (Lipinski definition) is 5. The summed E-state index contributed by atoms with van der Waals surface area (Å²) in [5, 5.41) is 2.59. The molecule has 1 aliphatic rings. The van der Waals surface area contributed by atoms with Gasteiger partial charge in [0.25, 0.3) is 0 Å². The van der Waals surface area contributed by atoms with Gasteiger partial charge in [-0.15, -0.1) is 0 Å². The first-order valence-corrected chi connectivity index (χ1v) is 6.43. The summed E-state index contributed by atoms with van der Waals surface area (Å²) in [6, 6.07) is 0. The molecule has 0 bridgehead atoms. The van der Waals surface area contributed by atoms with Gasteiger partial charge in [-0.05, 0) is 33.4 Å². The van der Waals surface area contributed by atoms with E-state index in [9.17, 15) is 14.0 Å². The van der Waals surface area contributed by atoms with Crippen molar-refractivity contribution in [3.05, 3.63) is 0 Å². The second kappa shape index (κ2) is 7.18. The Balaban J connectivity index is 2.51. The largest absolute Gasteiger partial charge is 0.415 e. The highest BCUT2D eigenvalue weighted by Crippen LogP contribution is 2.22. The van der Waals surface area contributed by atoms with Crippen LogP contribution in [0, 0.1) is 0 Å². The third-order valence-corrected chi connectivity index (χ3v) is 2.97. The molecule has 1 unspecified atom stereocenters. The van der Waals surface area contributed by atoms with Crippen molar-refractivity contribution in [1.29, 1.82) is 0 Å². The van der Waals surface area contributed by atoms with Crippen LogP contribution in [0.15, 0.2) is 4.99 Å². The minimum atomic E-state index is -1.00. The number of hydrogen-bond donors (Lipinski definition) is 2. The molecule has 1 amide bonds. The van der Waals surface area contributed by atoms with Crippen LogP contribution in [0.1, 0.15) is 19.3 Å². The van der Waals surface area contributed by atoms with Gasteiger partial charge in [-0.1, -0.05) is 0 Å². The first-order chi connectivity index (χ1) is 9.39. The number of alkyl halides is 1. The second-order valence-corrected chi connectivity index (χ2v) is 5.09. The summed E-state index contributed by atoms with van der Waals surface area (Å²) in [5.74, 6) is -0.579. The highest BCUT2D eigenvalue weighted by molar-refractivity contribution is 5.99. The predicted molar refractivity (Wildman–Crippen MR) is 72.2 cm³/mol. The van der Waals surface area contributed by atoms with E-state index < -0.39 is 24.3 Å². The highest BCUT2D eigenvalue weighted by Gasteiger charge is 2.48. The Morgan fingerprint density at radius 3 is 2.65 bits per heavy atom. The van der Waals surface area contributed by atoms with Gasteiger partial charge >= 0.3 is 12.1 Å². The molecule has 1 fully saturated rings. The van der Waals surface area contributed by atoms with Crippen molar-refractivity contribution in [3.63, 3.8) is 0 Å². The number of amidine groups is 1. The average Bonchev–Trinajstić information content (AvgIpc) is 2.62. The summed E-state index contributed by atoms with van der Waals surface area (Å²) in [6.45, 7) is 0.0111. The van der Waals surface area contributed by atoms with Crippen LogP contribution in [0.25, 0.3) is 0 Å². The molecule has 0 aromatic carbocycles. The van der Waals surface area contributed by atoms with E-state index in [0.717, 1.165) is 0 Å². The fraction of sp³-hybridized carbons (Fsp3) is 0.750. The van der Waals surface area contributed by atoms with Crippen LogP contribution >= 0.6 is 0 Å². The Labute approximate surface area is 117 Å². The molecule has 1 aliphatic heterocycles. The number of carbonyl (C=O) groups is 2. The van der Waals surface area contributed by atoms with Crippen LogP contribution in [0.5, 0.6) is 0 Å². The van der Waals surface area contributed by atoms with Gasteiger partial charge in [0.2, 0.25) is 0 Å². The summed E-state index contributed by atoms with van der Waals surface area (Å²) in [5.41, 5.74) is 4.24. The number of rotatable bonds is 8. The van der Waals surface area contributed by atoms with Crippen molar-refractivity contribution in [1.82, 2.24) is 10.2 Å². The summed E-state index contributed by atoms with van der Waals surface area (Å²) in [7, 11) is 3.62. The third-order valence-electron chi connectivity index (χ3n) is 2.97. The van der Waals surface area contributed by atoms with E-state index in [1.54, 1.807) is 0 Å². The topological polar surface area (TPSA) is 97.0 Å². The zero-order chi connectivity index (χ0) is 15.2. The minimum Gasteiger partial charge on any atom is -0.385 e. The Kier molecular flexibility index (Phi) is 5.87. The summed E-state index contributed by atoms with van der Waals surface area (Å²) in [6.07, 6.45) is 1.03. The van der Waals surface area contributed by atoms with Crippen molar-refractivity contribution in [2.45, 2.75) is 24.8 Å². The fourth-order valence-electron chi connectivity index (χ4n) is 2.14. The molecule has 0 aromatic heterocycles. The van der Waals surface area contributed by atoms with Gasteiger partial charge in [0.05, 0.1) is 0 Å². The van der Waals surface area contributed by atoms with E-state index in [4.69, 9.17) is 5.73 Å². The molecular weight excluding hydrogens is 267 g/mol. The average molecular weight is 288 g/mol. The van der Waals surface area contributed by atoms with Crippen LogP contribution < -0.4 is 11.1 Å². The zero-order valence-electron chi connectivity index (χ0n) is 11.8. The molecule has 0 saturated carbocycles. The Morgan fingerprint density at radius 2 is 2.15 bits per heavy atom. The maximum atomic E-state index is 12.1. The van der Waals surface area contributed by atoms with Crippen molar-refractivity contribution in [3.8, 4) is 0 Å². The third kappa shape index (κ3) is 4.44. The van der Waals surface area contributed by atoms with Crippen molar-refractivity contribution < 1.29 is 18.7 Å². The van der Waals surface area contributed by atoms with Crippen LogP contribution in [-0.2, 0) is 9.53 Å². The van der Waals surface area contributed by atoms with E-state index in [1.807, 2.05) is 19.0 Å². The van der Waals surface area contributed by atoms with E-state index in [1.165, 1.54) is 0 Å². The molecule has 0 aromatic rings. The Hall–Kier alpha value is -1.70. The molecule has 0 spiro atoms. The number of halogens is 1. The molecule has 3 N–H and O–H groups in total. The molecule has 0 aliphatic carbocycles. The number of carbonyl (C=O) groups excluding carboxylic acids is 2. The monoisotopic (exact) mass is 288 g/mol. The number of nitrogens with zero attached hydrogens (tertiary/aromatic N) is 2. The SMILES string of the molecule is CN(C)CC1(CCCCN=C(N)CF)NC(=O)OC1=O. The minimum absolute atomic E-state index is 0.0263. The van der Waals surface area contributed by atoms with E-state index >= 15 is 0 Å². The first kappa shape index (κ1) is 16.4. The van der Waals surface area contributed by atoms with Gasteiger partial charge in [-0.25, -0.2) is 14.0 Å². The maximum absolute atomic E-state index is 12.1. The molecule has 1 saturated heterocycles. The quantitative estimate of drug-likeness (QED) is 0.216. The predicted octanol–water partition coefficient (Wildman–Crippen LogP) is 0.0502. The Morgan fingerprint density at radius 1 is 1.45 bits per heavy atom. The van der Waals surface area contributed by atoms with Crippen LogP contribution in [-0.4, -0.2) is 62.2 Å². The van der Waals surface area contributed by atoms with Gasteiger partial charge in [-0.3, -0.25) is 4.99 Å². The lowest BCUT2D eigenvalue weighted by molar-refractivity contribution is -0.140. The number of amides is 1. The highest BCUT2D eigenvalue weighted by atomic mass is 19.1. The number of alkyl carbamates (subject to hydrolysis) is 1. The van der Waals surface area contributed by atoms with Crippen LogP contribution in [0.2, 0.25) is 0 Å².